The van der Waals surface area contributed by atoms with Crippen LogP contribution in [0.25, 0.3) is 0 Å². The summed E-state index contributed by atoms with van der Waals surface area (Å²) in [5.41, 5.74) is 0.319. The number of nitrogens with zero attached hydrogens (tertiary/aromatic N) is 3. The van der Waals surface area contributed by atoms with Gasteiger partial charge in [0.05, 0.1) is 0 Å². The van der Waals surface area contributed by atoms with Crippen molar-refractivity contribution in [2.75, 3.05) is 10.6 Å². The maximum Gasteiger partial charge on any atom is 0.275 e. The Bertz CT molecular complexity index is 705. The second-order valence-corrected chi connectivity index (χ2v) is 6.30. The zero-order chi connectivity index (χ0) is 16.9. The molecule has 7 nitrogen and oxygen atoms in total. The quantitative estimate of drug-likeness (QED) is 0.834. The lowest BCUT2D eigenvalue weighted by atomic mass is 10.1. The van der Waals surface area contributed by atoms with Gasteiger partial charge in [0.1, 0.15) is 23.1 Å². The third-order valence-electron chi connectivity index (χ3n) is 4.15. The van der Waals surface area contributed by atoms with Gasteiger partial charge in [-0.25, -0.2) is 9.97 Å². The van der Waals surface area contributed by atoms with Crippen molar-refractivity contribution in [1.29, 1.82) is 0 Å². The number of amides is 1. The number of aromatic nitrogens is 3. The van der Waals surface area contributed by atoms with E-state index in [1.807, 2.05) is 0 Å². The molecule has 3 rings (SSSR count). The van der Waals surface area contributed by atoms with Gasteiger partial charge in [-0.3, -0.25) is 4.79 Å². The van der Waals surface area contributed by atoms with Gasteiger partial charge < -0.3 is 15.2 Å². The van der Waals surface area contributed by atoms with Crippen molar-refractivity contribution >= 4 is 17.5 Å². The molecular weight excluding hydrogens is 306 g/mol. The van der Waals surface area contributed by atoms with E-state index in [0.29, 0.717) is 35.0 Å². The molecule has 1 fully saturated rings. The molecule has 0 unspecified atom stereocenters. The zero-order valence-corrected chi connectivity index (χ0v) is 14.1. The summed E-state index contributed by atoms with van der Waals surface area (Å²) >= 11 is 0. The van der Waals surface area contributed by atoms with Crippen LogP contribution >= 0.6 is 0 Å². The smallest absolute Gasteiger partial charge is 0.275 e. The summed E-state index contributed by atoms with van der Waals surface area (Å²) in [5, 5.41) is 9.91. The molecule has 2 heterocycles. The van der Waals surface area contributed by atoms with E-state index in [-0.39, 0.29) is 5.91 Å². The van der Waals surface area contributed by atoms with E-state index in [4.69, 9.17) is 4.52 Å². The van der Waals surface area contributed by atoms with Gasteiger partial charge in [0.25, 0.3) is 5.91 Å². The molecule has 0 aromatic carbocycles. The fourth-order valence-electron chi connectivity index (χ4n) is 3.00. The maximum absolute atomic E-state index is 12.4. The first-order valence-electron chi connectivity index (χ1n) is 8.47. The van der Waals surface area contributed by atoms with Crippen LogP contribution in [0.15, 0.2) is 16.7 Å². The molecule has 2 N–H and O–H groups in total. The van der Waals surface area contributed by atoms with Gasteiger partial charge in [0, 0.05) is 18.2 Å². The third kappa shape index (κ3) is 4.31. The number of hydrogen-bond acceptors (Lipinski definition) is 6. The van der Waals surface area contributed by atoms with Crippen LogP contribution in [0, 0.1) is 13.8 Å². The first-order valence-corrected chi connectivity index (χ1v) is 8.47. The van der Waals surface area contributed by atoms with Gasteiger partial charge in [-0.1, -0.05) is 30.8 Å². The third-order valence-corrected chi connectivity index (χ3v) is 4.15. The number of carbonyl (C=O) groups excluding carboxylic acids is 1. The first-order chi connectivity index (χ1) is 11.6. The summed E-state index contributed by atoms with van der Waals surface area (Å²) in [7, 11) is 0. The molecule has 24 heavy (non-hydrogen) atoms. The van der Waals surface area contributed by atoms with Gasteiger partial charge in [-0.05, 0) is 26.7 Å². The molecule has 0 atom stereocenters. The molecule has 1 aliphatic rings. The second-order valence-electron chi connectivity index (χ2n) is 6.30. The minimum absolute atomic E-state index is 0.319. The summed E-state index contributed by atoms with van der Waals surface area (Å²) in [5.74, 6) is 1.97. The molecule has 0 aliphatic heterocycles. The molecular formula is C17H23N5O2. The maximum atomic E-state index is 12.4. The Kier molecular flexibility index (Phi) is 5.08. The van der Waals surface area contributed by atoms with Crippen molar-refractivity contribution < 1.29 is 9.32 Å². The van der Waals surface area contributed by atoms with Gasteiger partial charge in [-0.15, -0.1) is 0 Å². The highest BCUT2D eigenvalue weighted by Crippen LogP contribution is 2.21. The van der Waals surface area contributed by atoms with Crippen LogP contribution in [-0.2, 0) is 0 Å². The Hall–Kier alpha value is -2.44. The van der Waals surface area contributed by atoms with E-state index in [1.165, 1.54) is 25.7 Å². The number of hydrogen-bond donors (Lipinski definition) is 2. The molecule has 0 spiro atoms. The Morgan fingerprint density at radius 3 is 2.50 bits per heavy atom. The summed E-state index contributed by atoms with van der Waals surface area (Å²) in [4.78, 5) is 21.0. The summed E-state index contributed by atoms with van der Waals surface area (Å²) in [6, 6.07) is 3.77. The van der Waals surface area contributed by atoms with E-state index in [1.54, 1.807) is 26.0 Å². The van der Waals surface area contributed by atoms with Crippen molar-refractivity contribution in [2.24, 2.45) is 0 Å². The fraction of sp³-hybridized carbons (Fsp3) is 0.529. The average molecular weight is 329 g/mol. The van der Waals surface area contributed by atoms with Crippen LogP contribution in [0.3, 0.4) is 0 Å². The van der Waals surface area contributed by atoms with Crippen LogP contribution in [0.1, 0.15) is 60.6 Å². The predicted molar refractivity (Wildman–Crippen MR) is 91.1 cm³/mol. The topological polar surface area (TPSA) is 92.9 Å². The molecule has 2 aromatic heterocycles. The number of nitrogens with one attached hydrogen (secondary N) is 2. The van der Waals surface area contributed by atoms with E-state index < -0.39 is 0 Å². The van der Waals surface area contributed by atoms with Crippen molar-refractivity contribution in [3.63, 3.8) is 0 Å². The van der Waals surface area contributed by atoms with Crippen molar-refractivity contribution in [3.8, 4) is 0 Å². The molecule has 0 saturated heterocycles. The molecule has 1 amide bonds. The Balaban J connectivity index is 1.71. The predicted octanol–water partition coefficient (Wildman–Crippen LogP) is 3.47. The van der Waals surface area contributed by atoms with Crippen molar-refractivity contribution in [2.45, 2.75) is 58.4 Å². The minimum atomic E-state index is -0.322. The van der Waals surface area contributed by atoms with Crippen molar-refractivity contribution in [1.82, 2.24) is 15.1 Å². The highest BCUT2D eigenvalue weighted by Gasteiger charge is 2.16. The lowest BCUT2D eigenvalue weighted by Gasteiger charge is -2.17. The molecule has 0 bridgehead atoms. The molecule has 7 heteroatoms. The Morgan fingerprint density at radius 1 is 1.08 bits per heavy atom. The molecule has 1 saturated carbocycles. The van der Waals surface area contributed by atoms with Gasteiger partial charge in [0.15, 0.2) is 5.82 Å². The van der Waals surface area contributed by atoms with E-state index >= 15 is 0 Å². The number of anilines is 2. The van der Waals surface area contributed by atoms with E-state index in [2.05, 4.69) is 25.8 Å². The molecule has 2 aromatic rings. The van der Waals surface area contributed by atoms with E-state index in [0.717, 1.165) is 12.8 Å². The fourth-order valence-corrected chi connectivity index (χ4v) is 3.00. The van der Waals surface area contributed by atoms with Crippen LogP contribution in [0.2, 0.25) is 0 Å². The van der Waals surface area contributed by atoms with Crippen LogP contribution < -0.4 is 10.6 Å². The summed E-state index contributed by atoms with van der Waals surface area (Å²) < 4.78 is 4.95. The Labute approximate surface area is 141 Å². The number of aryl methyl sites for hydroxylation is 2. The second kappa shape index (κ2) is 7.42. The largest absolute Gasteiger partial charge is 0.367 e. The van der Waals surface area contributed by atoms with Gasteiger partial charge in [-0.2, -0.15) is 0 Å². The molecule has 0 radical (unpaired) electrons. The number of carbonyl (C=O) groups is 1. The van der Waals surface area contributed by atoms with Crippen molar-refractivity contribution in [3.05, 3.63) is 29.4 Å². The Morgan fingerprint density at radius 2 is 1.83 bits per heavy atom. The lowest BCUT2D eigenvalue weighted by Crippen LogP contribution is -2.21. The normalized spacial score (nSPS) is 15.8. The molecule has 1 aliphatic carbocycles. The first kappa shape index (κ1) is 16.4. The zero-order valence-electron chi connectivity index (χ0n) is 14.1. The lowest BCUT2D eigenvalue weighted by molar-refractivity contribution is 0.102. The molecule has 128 valence electrons. The van der Waals surface area contributed by atoms with Crippen LogP contribution in [-0.4, -0.2) is 27.1 Å². The van der Waals surface area contributed by atoms with Crippen LogP contribution in [0.5, 0.6) is 0 Å². The SMILES string of the molecule is Cc1nc(NC2CCCCCC2)cc(C(=O)Nc2cc(C)on2)n1. The summed E-state index contributed by atoms with van der Waals surface area (Å²) in [6.45, 7) is 3.56. The van der Waals surface area contributed by atoms with E-state index in [9.17, 15) is 4.79 Å². The van der Waals surface area contributed by atoms with Gasteiger partial charge >= 0.3 is 0 Å². The highest BCUT2D eigenvalue weighted by molar-refractivity contribution is 6.02. The standard InChI is InChI=1S/C17H23N5O2/c1-11-9-16(22-24-11)21-17(23)14-10-15(19-12(2)18-14)20-13-7-5-3-4-6-8-13/h9-10,13H,3-8H2,1-2H3,(H,18,19,20)(H,21,22,23). The monoisotopic (exact) mass is 329 g/mol. The minimum Gasteiger partial charge on any atom is -0.367 e. The van der Waals surface area contributed by atoms with Crippen LogP contribution in [0.4, 0.5) is 11.6 Å². The average Bonchev–Trinajstić information content (AvgIpc) is 2.79. The highest BCUT2D eigenvalue weighted by atomic mass is 16.5. The number of rotatable bonds is 4. The summed E-state index contributed by atoms with van der Waals surface area (Å²) in [6.07, 6.45) is 7.35. The van der Waals surface area contributed by atoms with Gasteiger partial charge in [0.2, 0.25) is 0 Å².